The van der Waals surface area contributed by atoms with Gasteiger partial charge in [0.25, 0.3) is 5.91 Å². The lowest BCUT2D eigenvalue weighted by atomic mass is 10.1. The molecule has 0 unspecified atom stereocenters. The van der Waals surface area contributed by atoms with Crippen LogP contribution in [0.2, 0.25) is 0 Å². The number of ether oxygens (including phenoxy) is 3. The normalized spacial score (nSPS) is 12.6. The SMILES string of the molecule is C=CC(=O)N1CC(Oc2cc3c(Nc4cc(-c5cncc(NC(=O)c6cccc(F)c6)c5)ccc4OC)ncnc3cc2OC)C1. The van der Waals surface area contributed by atoms with Crippen molar-refractivity contribution in [3.63, 3.8) is 0 Å². The van der Waals surface area contributed by atoms with Gasteiger partial charge in [-0.25, -0.2) is 14.4 Å². The molecule has 1 fully saturated rings. The Morgan fingerprint density at radius 1 is 0.957 bits per heavy atom. The lowest BCUT2D eigenvalue weighted by Gasteiger charge is -2.38. The van der Waals surface area contributed by atoms with Crippen LogP contribution in [0, 0.1) is 5.82 Å². The number of carbonyl (C=O) groups is 2. The molecule has 0 radical (unpaired) electrons. The number of halogens is 1. The Morgan fingerprint density at radius 2 is 1.78 bits per heavy atom. The zero-order chi connectivity index (χ0) is 32.2. The third kappa shape index (κ3) is 6.27. The van der Waals surface area contributed by atoms with Crippen molar-refractivity contribution >= 4 is 39.9 Å². The zero-order valence-electron chi connectivity index (χ0n) is 25.0. The molecule has 1 aliphatic rings. The fourth-order valence-electron chi connectivity index (χ4n) is 5.03. The molecule has 1 aliphatic heterocycles. The van der Waals surface area contributed by atoms with Crippen molar-refractivity contribution in [1.82, 2.24) is 19.9 Å². The molecular formula is C34H29FN6O5. The highest BCUT2D eigenvalue weighted by molar-refractivity contribution is 6.04. The maximum absolute atomic E-state index is 13.6. The number of methoxy groups -OCH3 is 2. The second-order valence-electron chi connectivity index (χ2n) is 10.4. The number of aromatic nitrogens is 3. The topological polar surface area (TPSA) is 128 Å². The molecule has 3 heterocycles. The van der Waals surface area contributed by atoms with Crippen molar-refractivity contribution in [1.29, 1.82) is 0 Å². The molecule has 2 aromatic heterocycles. The smallest absolute Gasteiger partial charge is 0.255 e. The van der Waals surface area contributed by atoms with Crippen molar-refractivity contribution < 1.29 is 28.2 Å². The first-order valence-corrected chi connectivity index (χ1v) is 14.2. The molecule has 46 heavy (non-hydrogen) atoms. The zero-order valence-corrected chi connectivity index (χ0v) is 25.0. The van der Waals surface area contributed by atoms with Gasteiger partial charge in [-0.05, 0) is 54.1 Å². The third-order valence-electron chi connectivity index (χ3n) is 7.42. The van der Waals surface area contributed by atoms with Crippen molar-refractivity contribution in [3.8, 4) is 28.4 Å². The minimum Gasteiger partial charge on any atom is -0.495 e. The monoisotopic (exact) mass is 620 g/mol. The van der Waals surface area contributed by atoms with Crippen LogP contribution in [0.1, 0.15) is 10.4 Å². The Bertz CT molecular complexity index is 1960. The number of fused-ring (bicyclic) bond motifs is 1. The van der Waals surface area contributed by atoms with Crippen LogP contribution in [0.3, 0.4) is 0 Å². The predicted octanol–water partition coefficient (Wildman–Crippen LogP) is 5.62. The van der Waals surface area contributed by atoms with Crippen molar-refractivity contribution in [2.75, 3.05) is 37.9 Å². The van der Waals surface area contributed by atoms with E-state index in [1.807, 2.05) is 18.2 Å². The van der Waals surface area contributed by atoms with Gasteiger partial charge in [-0.15, -0.1) is 0 Å². The van der Waals surface area contributed by atoms with Crippen LogP contribution in [-0.4, -0.2) is 65.1 Å². The molecule has 2 N–H and O–H groups in total. The quantitative estimate of drug-likeness (QED) is 0.191. The van der Waals surface area contributed by atoms with E-state index in [4.69, 9.17) is 14.2 Å². The Morgan fingerprint density at radius 3 is 2.54 bits per heavy atom. The van der Waals surface area contributed by atoms with Gasteiger partial charge in [-0.1, -0.05) is 18.7 Å². The van der Waals surface area contributed by atoms with Crippen LogP contribution in [-0.2, 0) is 4.79 Å². The summed E-state index contributed by atoms with van der Waals surface area (Å²) < 4.78 is 31.0. The van der Waals surface area contributed by atoms with E-state index in [0.717, 1.165) is 11.1 Å². The Labute approximate surface area is 263 Å². The summed E-state index contributed by atoms with van der Waals surface area (Å²) in [5.41, 5.74) is 3.39. The molecule has 6 rings (SSSR count). The van der Waals surface area contributed by atoms with Gasteiger partial charge >= 0.3 is 0 Å². The molecule has 0 spiro atoms. The fourth-order valence-corrected chi connectivity index (χ4v) is 5.03. The molecule has 0 atom stereocenters. The summed E-state index contributed by atoms with van der Waals surface area (Å²) in [7, 11) is 3.12. The number of rotatable bonds is 10. The summed E-state index contributed by atoms with van der Waals surface area (Å²) in [6, 6.07) is 16.4. The molecule has 2 amide bonds. The number of likely N-dealkylation sites (tertiary alicyclic amines) is 1. The molecule has 1 saturated heterocycles. The van der Waals surface area contributed by atoms with Gasteiger partial charge in [0.1, 0.15) is 29.8 Å². The Balaban J connectivity index is 1.27. The van der Waals surface area contributed by atoms with Crippen LogP contribution < -0.4 is 24.8 Å². The second kappa shape index (κ2) is 12.9. The van der Waals surface area contributed by atoms with E-state index in [2.05, 4.69) is 32.2 Å². The average molecular weight is 621 g/mol. The van der Waals surface area contributed by atoms with Crippen LogP contribution in [0.25, 0.3) is 22.0 Å². The second-order valence-corrected chi connectivity index (χ2v) is 10.4. The maximum atomic E-state index is 13.6. The van der Waals surface area contributed by atoms with E-state index in [1.165, 1.54) is 42.9 Å². The molecule has 12 heteroatoms. The van der Waals surface area contributed by atoms with Gasteiger partial charge in [0.15, 0.2) is 11.5 Å². The molecular weight excluding hydrogens is 591 g/mol. The lowest BCUT2D eigenvalue weighted by molar-refractivity contribution is -0.134. The van der Waals surface area contributed by atoms with E-state index in [0.29, 0.717) is 58.4 Å². The highest BCUT2D eigenvalue weighted by Crippen LogP contribution is 2.38. The van der Waals surface area contributed by atoms with Crippen molar-refractivity contribution in [3.05, 3.63) is 103 Å². The molecule has 5 aromatic rings. The highest BCUT2D eigenvalue weighted by Gasteiger charge is 2.32. The van der Waals surface area contributed by atoms with Gasteiger partial charge in [0, 0.05) is 28.8 Å². The number of nitrogens with zero attached hydrogens (tertiary/aromatic N) is 4. The first kappa shape index (κ1) is 30.0. The van der Waals surface area contributed by atoms with E-state index in [9.17, 15) is 14.0 Å². The highest BCUT2D eigenvalue weighted by atomic mass is 19.1. The summed E-state index contributed by atoms with van der Waals surface area (Å²) in [6.45, 7) is 4.41. The number of hydrogen-bond acceptors (Lipinski definition) is 9. The number of nitrogens with one attached hydrogen (secondary N) is 2. The van der Waals surface area contributed by atoms with E-state index < -0.39 is 11.7 Å². The third-order valence-corrected chi connectivity index (χ3v) is 7.42. The molecule has 0 bridgehead atoms. The summed E-state index contributed by atoms with van der Waals surface area (Å²) in [4.78, 5) is 39.4. The first-order chi connectivity index (χ1) is 22.3. The van der Waals surface area contributed by atoms with Gasteiger partial charge in [-0.3, -0.25) is 14.6 Å². The van der Waals surface area contributed by atoms with E-state index in [-0.39, 0.29) is 17.6 Å². The number of anilines is 3. The lowest BCUT2D eigenvalue weighted by Crippen LogP contribution is -2.55. The van der Waals surface area contributed by atoms with Crippen LogP contribution in [0.5, 0.6) is 17.2 Å². The number of benzene rings is 3. The van der Waals surface area contributed by atoms with E-state index in [1.54, 1.807) is 43.5 Å². The molecule has 11 nitrogen and oxygen atoms in total. The summed E-state index contributed by atoms with van der Waals surface area (Å²) >= 11 is 0. The number of carbonyl (C=O) groups excluding carboxylic acids is 2. The molecule has 0 saturated carbocycles. The maximum Gasteiger partial charge on any atom is 0.255 e. The minimum absolute atomic E-state index is 0.141. The van der Waals surface area contributed by atoms with Crippen molar-refractivity contribution in [2.45, 2.75) is 6.10 Å². The van der Waals surface area contributed by atoms with Crippen LogP contribution in [0.4, 0.5) is 21.6 Å². The molecule has 232 valence electrons. The summed E-state index contributed by atoms with van der Waals surface area (Å²) in [5, 5.41) is 6.81. The Hall–Kier alpha value is -6.04. The molecule has 0 aliphatic carbocycles. The first-order valence-electron chi connectivity index (χ1n) is 14.2. The largest absolute Gasteiger partial charge is 0.495 e. The minimum atomic E-state index is -0.496. The average Bonchev–Trinajstić information content (AvgIpc) is 3.05. The fraction of sp³-hybridized carbons (Fsp3) is 0.147. The Kier molecular flexibility index (Phi) is 8.42. The van der Waals surface area contributed by atoms with Gasteiger partial charge in [0.05, 0.1) is 50.4 Å². The summed E-state index contributed by atoms with van der Waals surface area (Å²) in [5.74, 6) is 0.964. The predicted molar refractivity (Wildman–Crippen MR) is 171 cm³/mol. The van der Waals surface area contributed by atoms with Gasteiger partial charge in [0.2, 0.25) is 5.91 Å². The molecule has 3 aromatic carbocycles. The van der Waals surface area contributed by atoms with Crippen LogP contribution in [0.15, 0.2) is 92.0 Å². The van der Waals surface area contributed by atoms with E-state index >= 15 is 0 Å². The summed E-state index contributed by atoms with van der Waals surface area (Å²) in [6.07, 6.45) is 5.72. The van der Waals surface area contributed by atoms with Crippen LogP contribution >= 0.6 is 0 Å². The number of pyridine rings is 1. The number of amides is 2. The van der Waals surface area contributed by atoms with Gasteiger partial charge < -0.3 is 29.7 Å². The number of hydrogen-bond donors (Lipinski definition) is 2. The van der Waals surface area contributed by atoms with Crippen molar-refractivity contribution in [2.24, 2.45) is 0 Å². The van der Waals surface area contributed by atoms with Gasteiger partial charge in [-0.2, -0.15) is 0 Å². The standard InChI is InChI=1S/C34H29FN6O5/c1-4-32(42)41-17-25(18-41)46-31-13-26-27(14-30(31)45-3)37-19-38-33(26)40-28-12-20(8-9-29(28)44-2)22-11-24(16-36-15-22)39-34(43)21-6-5-7-23(35)10-21/h4-16,19,25H,1,17-18H2,2-3H3,(H,39,43)(H,37,38,40).